The lowest BCUT2D eigenvalue weighted by molar-refractivity contribution is -0.384. The number of benzene rings is 1. The molecule has 0 aliphatic carbocycles. The first kappa shape index (κ1) is 11.7. The van der Waals surface area contributed by atoms with Gasteiger partial charge in [0.05, 0.1) is 11.1 Å². The molecular formula is C10H8N4O4. The van der Waals surface area contributed by atoms with Crippen LogP contribution in [0.3, 0.4) is 0 Å². The minimum Gasteiger partial charge on any atom is -0.476 e. The zero-order valence-electron chi connectivity index (χ0n) is 9.27. The van der Waals surface area contributed by atoms with Gasteiger partial charge in [-0.05, 0) is 18.6 Å². The molecule has 92 valence electrons. The van der Waals surface area contributed by atoms with Gasteiger partial charge in [0, 0.05) is 6.07 Å². The standard InChI is InChI=1S/C10H8N4O4/c1-6-2-3-8(14(17)18)9(4-6)13-5-7(10(15)16)11-12-13/h2-5H,1H3,(H,15,16). The Morgan fingerprint density at radius 3 is 2.78 bits per heavy atom. The lowest BCUT2D eigenvalue weighted by atomic mass is 10.2. The molecule has 0 fully saturated rings. The van der Waals surface area contributed by atoms with Crippen molar-refractivity contribution in [2.75, 3.05) is 0 Å². The number of aromatic nitrogens is 3. The van der Waals surface area contributed by atoms with Crippen molar-refractivity contribution >= 4 is 11.7 Å². The van der Waals surface area contributed by atoms with E-state index >= 15 is 0 Å². The molecule has 1 heterocycles. The fourth-order valence-corrected chi connectivity index (χ4v) is 1.45. The molecule has 2 rings (SSSR count). The Kier molecular flexibility index (Phi) is 2.76. The predicted molar refractivity (Wildman–Crippen MR) is 59.7 cm³/mol. The summed E-state index contributed by atoms with van der Waals surface area (Å²) in [5.74, 6) is -1.24. The average molecular weight is 248 g/mol. The quantitative estimate of drug-likeness (QED) is 0.644. The largest absolute Gasteiger partial charge is 0.476 e. The molecule has 0 amide bonds. The first-order valence-electron chi connectivity index (χ1n) is 4.90. The Morgan fingerprint density at radius 1 is 1.50 bits per heavy atom. The number of nitro groups is 1. The smallest absolute Gasteiger partial charge is 0.358 e. The van der Waals surface area contributed by atoms with Crippen LogP contribution in [0.2, 0.25) is 0 Å². The normalized spacial score (nSPS) is 10.3. The van der Waals surface area contributed by atoms with Crippen LogP contribution in [0.5, 0.6) is 0 Å². The number of carbonyl (C=O) groups is 1. The van der Waals surface area contributed by atoms with Crippen LogP contribution in [0, 0.1) is 17.0 Å². The molecular weight excluding hydrogens is 240 g/mol. The van der Waals surface area contributed by atoms with Crippen molar-refractivity contribution in [1.82, 2.24) is 15.0 Å². The van der Waals surface area contributed by atoms with Gasteiger partial charge in [0.25, 0.3) is 5.69 Å². The van der Waals surface area contributed by atoms with Gasteiger partial charge in [0.1, 0.15) is 5.69 Å². The van der Waals surface area contributed by atoms with Gasteiger partial charge in [-0.3, -0.25) is 10.1 Å². The Bertz CT molecular complexity index is 635. The van der Waals surface area contributed by atoms with E-state index in [4.69, 9.17) is 5.11 Å². The van der Waals surface area contributed by atoms with Crippen LogP contribution in [0.25, 0.3) is 5.69 Å². The molecule has 1 aromatic carbocycles. The van der Waals surface area contributed by atoms with E-state index < -0.39 is 10.9 Å². The maximum atomic E-state index is 10.9. The molecule has 18 heavy (non-hydrogen) atoms. The molecule has 0 bridgehead atoms. The van der Waals surface area contributed by atoms with E-state index in [2.05, 4.69) is 10.3 Å². The lowest BCUT2D eigenvalue weighted by Crippen LogP contribution is -2.01. The van der Waals surface area contributed by atoms with Crippen molar-refractivity contribution < 1.29 is 14.8 Å². The predicted octanol–water partition coefficient (Wildman–Crippen LogP) is 1.18. The van der Waals surface area contributed by atoms with Gasteiger partial charge in [-0.1, -0.05) is 11.3 Å². The minimum absolute atomic E-state index is 0.164. The van der Waals surface area contributed by atoms with Crippen molar-refractivity contribution in [3.05, 3.63) is 45.8 Å². The Labute approximate surface area is 101 Å². The summed E-state index contributed by atoms with van der Waals surface area (Å²) in [4.78, 5) is 21.0. The average Bonchev–Trinajstić information content (AvgIpc) is 2.77. The third-order valence-corrected chi connectivity index (χ3v) is 2.29. The number of hydrogen-bond acceptors (Lipinski definition) is 5. The third-order valence-electron chi connectivity index (χ3n) is 2.29. The molecule has 0 saturated heterocycles. The molecule has 8 nitrogen and oxygen atoms in total. The van der Waals surface area contributed by atoms with Crippen LogP contribution in [-0.4, -0.2) is 31.0 Å². The minimum atomic E-state index is -1.24. The maximum Gasteiger partial charge on any atom is 0.358 e. The highest BCUT2D eigenvalue weighted by Gasteiger charge is 2.18. The topological polar surface area (TPSA) is 111 Å². The van der Waals surface area contributed by atoms with Crippen LogP contribution in [0.15, 0.2) is 24.4 Å². The summed E-state index contributed by atoms with van der Waals surface area (Å²) in [5, 5.41) is 26.6. The number of carboxylic acid groups (broad SMARTS) is 1. The van der Waals surface area contributed by atoms with Crippen LogP contribution < -0.4 is 0 Å². The highest BCUT2D eigenvalue weighted by Crippen LogP contribution is 2.23. The zero-order valence-corrected chi connectivity index (χ0v) is 9.27. The van der Waals surface area contributed by atoms with E-state index in [0.717, 1.165) is 16.4 Å². The third kappa shape index (κ3) is 2.03. The molecule has 0 radical (unpaired) electrons. The van der Waals surface area contributed by atoms with Crippen LogP contribution in [0.4, 0.5) is 5.69 Å². The van der Waals surface area contributed by atoms with Crippen molar-refractivity contribution in [2.45, 2.75) is 6.92 Å². The van der Waals surface area contributed by atoms with E-state index in [0.29, 0.717) is 0 Å². The van der Waals surface area contributed by atoms with Crippen molar-refractivity contribution in [3.63, 3.8) is 0 Å². The summed E-state index contributed by atoms with van der Waals surface area (Å²) in [6.45, 7) is 1.77. The zero-order chi connectivity index (χ0) is 13.3. The lowest BCUT2D eigenvalue weighted by Gasteiger charge is -2.02. The number of nitro benzene ring substituents is 1. The summed E-state index contributed by atoms with van der Waals surface area (Å²) >= 11 is 0. The number of aromatic carboxylic acids is 1. The number of hydrogen-bond donors (Lipinski definition) is 1. The second-order valence-corrected chi connectivity index (χ2v) is 3.60. The van der Waals surface area contributed by atoms with Gasteiger partial charge in [0.15, 0.2) is 5.69 Å². The fraction of sp³-hybridized carbons (Fsp3) is 0.100. The second kappa shape index (κ2) is 4.24. The first-order valence-corrected chi connectivity index (χ1v) is 4.90. The summed E-state index contributed by atoms with van der Waals surface area (Å²) in [6.07, 6.45) is 1.13. The molecule has 0 aliphatic rings. The molecule has 0 spiro atoms. The number of nitrogens with zero attached hydrogens (tertiary/aromatic N) is 4. The van der Waals surface area contributed by atoms with Crippen LogP contribution >= 0.6 is 0 Å². The maximum absolute atomic E-state index is 10.9. The van der Waals surface area contributed by atoms with Gasteiger partial charge >= 0.3 is 5.97 Å². The monoisotopic (exact) mass is 248 g/mol. The summed E-state index contributed by atoms with van der Waals surface area (Å²) < 4.78 is 1.08. The number of rotatable bonds is 3. The Hall–Kier alpha value is -2.77. The summed E-state index contributed by atoms with van der Waals surface area (Å²) in [6, 6.07) is 4.47. The molecule has 1 aromatic heterocycles. The molecule has 0 unspecified atom stereocenters. The highest BCUT2D eigenvalue weighted by molar-refractivity contribution is 5.84. The van der Waals surface area contributed by atoms with Gasteiger partial charge in [-0.2, -0.15) is 0 Å². The van der Waals surface area contributed by atoms with Crippen LogP contribution in [0.1, 0.15) is 16.1 Å². The summed E-state index contributed by atoms with van der Waals surface area (Å²) in [5.41, 5.74) is 0.538. The molecule has 0 saturated carbocycles. The highest BCUT2D eigenvalue weighted by atomic mass is 16.6. The van der Waals surface area contributed by atoms with Gasteiger partial charge in [-0.25, -0.2) is 9.48 Å². The Morgan fingerprint density at radius 2 is 2.22 bits per heavy atom. The van der Waals surface area contributed by atoms with Gasteiger partial charge < -0.3 is 5.11 Å². The van der Waals surface area contributed by atoms with E-state index in [1.165, 1.54) is 6.07 Å². The van der Waals surface area contributed by atoms with E-state index in [9.17, 15) is 14.9 Å². The molecule has 0 atom stereocenters. The van der Waals surface area contributed by atoms with Gasteiger partial charge in [0.2, 0.25) is 0 Å². The first-order chi connectivity index (χ1) is 8.49. The van der Waals surface area contributed by atoms with E-state index in [1.54, 1.807) is 19.1 Å². The molecule has 8 heteroatoms. The second-order valence-electron chi connectivity index (χ2n) is 3.60. The molecule has 2 aromatic rings. The summed E-state index contributed by atoms with van der Waals surface area (Å²) in [7, 11) is 0. The molecule has 0 aliphatic heterocycles. The number of carboxylic acids is 1. The van der Waals surface area contributed by atoms with E-state index in [1.807, 2.05) is 0 Å². The van der Waals surface area contributed by atoms with Gasteiger partial charge in [-0.15, -0.1) is 5.10 Å². The van der Waals surface area contributed by atoms with Crippen LogP contribution in [-0.2, 0) is 0 Å². The van der Waals surface area contributed by atoms with E-state index in [-0.39, 0.29) is 17.1 Å². The fourth-order valence-electron chi connectivity index (χ4n) is 1.45. The van der Waals surface area contributed by atoms with Crippen molar-refractivity contribution in [1.29, 1.82) is 0 Å². The SMILES string of the molecule is Cc1ccc([N+](=O)[O-])c(-n2cc(C(=O)O)nn2)c1. The number of aryl methyl sites for hydroxylation is 1. The molecule has 1 N–H and O–H groups in total. The Balaban J connectivity index is 2.57. The van der Waals surface area contributed by atoms with Crippen molar-refractivity contribution in [2.24, 2.45) is 0 Å². The van der Waals surface area contributed by atoms with Crippen molar-refractivity contribution in [3.8, 4) is 5.69 Å².